The Bertz CT molecular complexity index is 1120. The van der Waals surface area contributed by atoms with Crippen LogP contribution in [0.2, 0.25) is 0 Å². The molecule has 3 rings (SSSR count). The van der Waals surface area contributed by atoms with E-state index in [4.69, 9.17) is 15.6 Å². The first-order valence-corrected chi connectivity index (χ1v) is 10.5. The summed E-state index contributed by atoms with van der Waals surface area (Å²) in [7, 11) is 0. The van der Waals surface area contributed by atoms with E-state index in [1.807, 2.05) is 44.2 Å². The number of rotatable bonds is 8. The lowest BCUT2D eigenvalue weighted by atomic mass is 10.1. The van der Waals surface area contributed by atoms with Crippen LogP contribution in [0.25, 0.3) is 16.5 Å². The minimum atomic E-state index is -0.235. The first-order chi connectivity index (χ1) is 15.0. The van der Waals surface area contributed by atoms with E-state index in [1.165, 1.54) is 6.08 Å². The van der Waals surface area contributed by atoms with Gasteiger partial charge in [-0.15, -0.1) is 11.3 Å². The molecule has 2 aromatic heterocycles. The number of aromatic nitrogens is 2. The number of carbonyl (C=O) groups is 1. The molecule has 0 aliphatic heterocycles. The number of anilines is 1. The predicted molar refractivity (Wildman–Crippen MR) is 125 cm³/mol. The van der Waals surface area contributed by atoms with E-state index in [0.29, 0.717) is 18.5 Å². The van der Waals surface area contributed by atoms with Gasteiger partial charge >= 0.3 is 0 Å². The van der Waals surface area contributed by atoms with Gasteiger partial charge in [0, 0.05) is 41.7 Å². The zero-order chi connectivity index (χ0) is 22.2. The number of hydrogen-bond donors (Lipinski definition) is 3. The fraction of sp³-hybridized carbons (Fsp3) is 0.174. The molecule has 0 saturated carbocycles. The van der Waals surface area contributed by atoms with Crippen molar-refractivity contribution in [2.24, 2.45) is 0 Å². The number of amides is 1. The molecule has 0 aliphatic rings. The summed E-state index contributed by atoms with van der Waals surface area (Å²) in [5.41, 5.74) is 4.53. The van der Waals surface area contributed by atoms with Gasteiger partial charge in [0.2, 0.25) is 5.91 Å². The lowest BCUT2D eigenvalue weighted by Crippen LogP contribution is -2.08. The van der Waals surface area contributed by atoms with Gasteiger partial charge < -0.3 is 10.1 Å². The number of ether oxygens (including phenoxy) is 1. The van der Waals surface area contributed by atoms with Crippen molar-refractivity contribution in [2.45, 2.75) is 26.7 Å². The molecule has 31 heavy (non-hydrogen) atoms. The number of pyridine rings is 1. The highest BCUT2D eigenvalue weighted by Crippen LogP contribution is 2.32. The van der Waals surface area contributed by atoms with E-state index in [-0.39, 0.29) is 11.8 Å². The van der Waals surface area contributed by atoms with Crippen molar-refractivity contribution in [3.63, 3.8) is 0 Å². The molecule has 0 unspecified atom stereocenters. The summed E-state index contributed by atoms with van der Waals surface area (Å²) in [4.78, 5) is 22.1. The minimum Gasteiger partial charge on any atom is -0.433 e. The van der Waals surface area contributed by atoms with Crippen LogP contribution in [0.1, 0.15) is 28.2 Å². The summed E-state index contributed by atoms with van der Waals surface area (Å²) >= 11 is 1.62. The first-order valence-electron chi connectivity index (χ1n) is 9.65. The average Bonchev–Trinajstić information content (AvgIpc) is 3.10. The molecule has 3 aromatic rings. The SMILES string of the molecule is Cc1nc(C)c(-c2ccncc2/C=C/C(=O)Nc2ccc(CCC(=N)OC=N)cc2)s1. The van der Waals surface area contributed by atoms with Crippen molar-refractivity contribution in [1.82, 2.24) is 9.97 Å². The molecule has 7 nitrogen and oxygen atoms in total. The minimum absolute atomic E-state index is 0.0518. The van der Waals surface area contributed by atoms with Crippen LogP contribution in [-0.4, -0.2) is 28.2 Å². The maximum atomic E-state index is 12.4. The molecule has 8 heteroatoms. The van der Waals surface area contributed by atoms with E-state index < -0.39 is 0 Å². The summed E-state index contributed by atoms with van der Waals surface area (Å²) in [5.74, 6) is -0.183. The summed E-state index contributed by atoms with van der Waals surface area (Å²) in [6.45, 7) is 3.96. The maximum Gasteiger partial charge on any atom is 0.248 e. The predicted octanol–water partition coefficient (Wildman–Crippen LogP) is 5.01. The zero-order valence-corrected chi connectivity index (χ0v) is 18.1. The number of benzene rings is 1. The monoisotopic (exact) mass is 433 g/mol. The molecular formula is C23H23N5O2S. The second-order valence-electron chi connectivity index (χ2n) is 6.79. The molecule has 2 heterocycles. The Labute approximate surface area is 184 Å². The van der Waals surface area contributed by atoms with Crippen LogP contribution in [-0.2, 0) is 16.0 Å². The molecule has 3 N–H and O–H groups in total. The van der Waals surface area contributed by atoms with Gasteiger partial charge in [0.15, 0.2) is 12.3 Å². The fourth-order valence-corrected chi connectivity index (χ4v) is 3.99. The Kier molecular flexibility index (Phi) is 7.40. The van der Waals surface area contributed by atoms with Crippen molar-refractivity contribution in [2.75, 3.05) is 5.32 Å². The highest BCUT2D eigenvalue weighted by molar-refractivity contribution is 7.15. The third-order valence-electron chi connectivity index (χ3n) is 4.48. The average molecular weight is 434 g/mol. The fourth-order valence-electron chi connectivity index (χ4n) is 3.02. The number of thiazole rings is 1. The summed E-state index contributed by atoms with van der Waals surface area (Å²) < 4.78 is 4.70. The highest BCUT2D eigenvalue weighted by Gasteiger charge is 2.11. The molecule has 0 fully saturated rings. The molecule has 0 atom stereocenters. The lowest BCUT2D eigenvalue weighted by molar-refractivity contribution is -0.111. The number of hydrogen-bond acceptors (Lipinski definition) is 7. The van der Waals surface area contributed by atoms with Crippen LogP contribution in [0.15, 0.2) is 48.8 Å². The van der Waals surface area contributed by atoms with Gasteiger partial charge in [-0.1, -0.05) is 12.1 Å². The lowest BCUT2D eigenvalue weighted by Gasteiger charge is -2.06. The van der Waals surface area contributed by atoms with Crippen LogP contribution in [0.4, 0.5) is 5.69 Å². The molecule has 0 aliphatic carbocycles. The quantitative estimate of drug-likeness (QED) is 0.263. The van der Waals surface area contributed by atoms with Crippen LogP contribution in [0, 0.1) is 24.7 Å². The van der Waals surface area contributed by atoms with Gasteiger partial charge in [-0.25, -0.2) is 4.98 Å². The van der Waals surface area contributed by atoms with Crippen LogP contribution >= 0.6 is 11.3 Å². The zero-order valence-electron chi connectivity index (χ0n) is 17.3. The van der Waals surface area contributed by atoms with Gasteiger partial charge in [0.1, 0.15) is 0 Å². The number of nitrogens with zero attached hydrogens (tertiary/aromatic N) is 2. The Hall–Kier alpha value is -3.65. The van der Waals surface area contributed by atoms with Gasteiger partial charge in [0.25, 0.3) is 0 Å². The van der Waals surface area contributed by atoms with Crippen molar-refractivity contribution in [3.8, 4) is 10.4 Å². The Morgan fingerprint density at radius 1 is 1.23 bits per heavy atom. The molecule has 158 valence electrons. The van der Waals surface area contributed by atoms with E-state index >= 15 is 0 Å². The van der Waals surface area contributed by atoms with E-state index in [1.54, 1.807) is 29.8 Å². The van der Waals surface area contributed by atoms with Gasteiger partial charge in [0.05, 0.1) is 15.6 Å². The summed E-state index contributed by atoms with van der Waals surface area (Å²) in [6.07, 6.45) is 8.52. The van der Waals surface area contributed by atoms with Crippen LogP contribution < -0.4 is 5.32 Å². The number of aryl methyl sites for hydroxylation is 3. The number of nitrogens with one attached hydrogen (secondary N) is 3. The summed E-state index contributed by atoms with van der Waals surface area (Å²) in [5, 5.41) is 18.2. The maximum absolute atomic E-state index is 12.4. The topological polar surface area (TPSA) is 112 Å². The third-order valence-corrected chi connectivity index (χ3v) is 5.58. The summed E-state index contributed by atoms with van der Waals surface area (Å²) in [6, 6.07) is 9.36. The van der Waals surface area contributed by atoms with E-state index in [0.717, 1.165) is 38.7 Å². The van der Waals surface area contributed by atoms with E-state index in [9.17, 15) is 4.79 Å². The Balaban J connectivity index is 1.63. The van der Waals surface area contributed by atoms with Crippen molar-refractivity contribution in [1.29, 1.82) is 10.8 Å². The molecule has 0 bridgehead atoms. The van der Waals surface area contributed by atoms with Crippen molar-refractivity contribution < 1.29 is 9.53 Å². The standard InChI is InChI=1S/C23H23N5O2S/c1-15-23(31-16(2)27-15)20-11-12-26-13-18(20)6-10-22(29)28-19-7-3-17(4-8-19)5-9-21(25)30-14-24/h3-4,6-8,10-14,24-25H,5,9H2,1-2H3,(H,28,29)/b10-6+,24-14?,25-21?. The van der Waals surface area contributed by atoms with Crippen LogP contribution in [0.5, 0.6) is 0 Å². The smallest absolute Gasteiger partial charge is 0.248 e. The molecule has 0 saturated heterocycles. The highest BCUT2D eigenvalue weighted by atomic mass is 32.1. The third kappa shape index (κ3) is 6.16. The Morgan fingerprint density at radius 2 is 2.00 bits per heavy atom. The molecule has 0 spiro atoms. The molecular weight excluding hydrogens is 410 g/mol. The van der Waals surface area contributed by atoms with Crippen molar-refractivity contribution in [3.05, 3.63) is 70.6 Å². The first kappa shape index (κ1) is 22.0. The van der Waals surface area contributed by atoms with E-state index in [2.05, 4.69) is 15.3 Å². The Morgan fingerprint density at radius 3 is 2.68 bits per heavy atom. The van der Waals surface area contributed by atoms with Gasteiger partial charge in [-0.3, -0.25) is 20.6 Å². The normalized spacial score (nSPS) is 10.8. The largest absolute Gasteiger partial charge is 0.433 e. The van der Waals surface area contributed by atoms with Crippen LogP contribution in [0.3, 0.4) is 0 Å². The van der Waals surface area contributed by atoms with Crippen molar-refractivity contribution >= 4 is 41.3 Å². The molecule has 1 aromatic carbocycles. The van der Waals surface area contributed by atoms with Gasteiger partial charge in [-0.2, -0.15) is 0 Å². The second kappa shape index (κ2) is 10.4. The van der Waals surface area contributed by atoms with Gasteiger partial charge in [-0.05, 0) is 50.1 Å². The molecule has 0 radical (unpaired) electrons. The number of carbonyl (C=O) groups excluding carboxylic acids is 1. The second-order valence-corrected chi connectivity index (χ2v) is 7.99. The molecule has 1 amide bonds.